The molecule has 2 N–H and O–H groups in total. The number of thioether (sulfide) groups is 1. The Balaban J connectivity index is 2.05. The summed E-state index contributed by atoms with van der Waals surface area (Å²) in [7, 11) is 0. The zero-order valence-corrected chi connectivity index (χ0v) is 10.2. The van der Waals surface area contributed by atoms with Gasteiger partial charge in [0.2, 0.25) is 0 Å². The number of anilines is 1. The summed E-state index contributed by atoms with van der Waals surface area (Å²) in [6.07, 6.45) is 1.72. The Labute approximate surface area is 103 Å². The smallest absolute Gasteiger partial charge is 0.188 e. The monoisotopic (exact) mass is 249 g/mol. The van der Waals surface area contributed by atoms with Crippen molar-refractivity contribution >= 4 is 17.4 Å². The van der Waals surface area contributed by atoms with Gasteiger partial charge in [-0.25, -0.2) is 14.4 Å². The van der Waals surface area contributed by atoms with E-state index in [0.29, 0.717) is 10.9 Å². The van der Waals surface area contributed by atoms with Gasteiger partial charge in [0.1, 0.15) is 5.82 Å². The van der Waals surface area contributed by atoms with Crippen LogP contribution in [0, 0.1) is 12.7 Å². The summed E-state index contributed by atoms with van der Waals surface area (Å²) in [5, 5.41) is 0.697. The standard InChI is InChI=1S/C12H12FN3S/c1-8-4-5-15-12(16-8)17-7-9-2-3-11(14)10(13)6-9/h2-6H,7,14H2,1H3. The lowest BCUT2D eigenvalue weighted by Gasteiger charge is -2.03. The summed E-state index contributed by atoms with van der Waals surface area (Å²) in [4.78, 5) is 8.39. The van der Waals surface area contributed by atoms with E-state index < -0.39 is 0 Å². The van der Waals surface area contributed by atoms with E-state index in [1.165, 1.54) is 17.8 Å². The molecule has 0 aliphatic rings. The Morgan fingerprint density at radius 2 is 2.18 bits per heavy atom. The zero-order chi connectivity index (χ0) is 12.3. The maximum Gasteiger partial charge on any atom is 0.188 e. The largest absolute Gasteiger partial charge is 0.396 e. The first kappa shape index (κ1) is 11.9. The molecule has 1 aromatic heterocycles. The van der Waals surface area contributed by atoms with Crippen LogP contribution in [0.3, 0.4) is 0 Å². The first-order valence-electron chi connectivity index (χ1n) is 5.11. The first-order chi connectivity index (χ1) is 8.15. The Morgan fingerprint density at radius 3 is 2.88 bits per heavy atom. The van der Waals surface area contributed by atoms with Gasteiger partial charge in [-0.1, -0.05) is 17.8 Å². The van der Waals surface area contributed by atoms with Gasteiger partial charge in [-0.3, -0.25) is 0 Å². The SMILES string of the molecule is Cc1ccnc(SCc2ccc(N)c(F)c2)n1. The quantitative estimate of drug-likeness (QED) is 0.516. The van der Waals surface area contributed by atoms with Crippen LogP contribution in [0.4, 0.5) is 10.1 Å². The van der Waals surface area contributed by atoms with Crippen LogP contribution in [0.1, 0.15) is 11.3 Å². The third-order valence-electron chi connectivity index (χ3n) is 2.21. The molecule has 0 amide bonds. The van der Waals surface area contributed by atoms with Crippen LogP contribution in [-0.4, -0.2) is 9.97 Å². The fourth-order valence-electron chi connectivity index (χ4n) is 1.30. The number of rotatable bonds is 3. The molecule has 0 saturated heterocycles. The lowest BCUT2D eigenvalue weighted by Crippen LogP contribution is -1.93. The molecule has 2 aromatic rings. The van der Waals surface area contributed by atoms with Crippen molar-refractivity contribution in [2.75, 3.05) is 5.73 Å². The summed E-state index contributed by atoms with van der Waals surface area (Å²) < 4.78 is 13.2. The number of benzene rings is 1. The van der Waals surface area contributed by atoms with Crippen molar-refractivity contribution in [1.82, 2.24) is 9.97 Å². The van der Waals surface area contributed by atoms with Crippen molar-refractivity contribution in [1.29, 1.82) is 0 Å². The Morgan fingerprint density at radius 1 is 1.35 bits per heavy atom. The van der Waals surface area contributed by atoms with E-state index in [9.17, 15) is 4.39 Å². The molecule has 0 saturated carbocycles. The molecular formula is C12H12FN3S. The number of hydrogen-bond acceptors (Lipinski definition) is 4. The van der Waals surface area contributed by atoms with Crippen molar-refractivity contribution in [2.24, 2.45) is 0 Å². The number of hydrogen-bond donors (Lipinski definition) is 1. The number of halogens is 1. The highest BCUT2D eigenvalue weighted by Crippen LogP contribution is 2.21. The van der Waals surface area contributed by atoms with Crippen molar-refractivity contribution in [2.45, 2.75) is 17.8 Å². The molecule has 0 bridgehead atoms. The molecule has 0 fully saturated rings. The summed E-state index contributed by atoms with van der Waals surface area (Å²) in [5.41, 5.74) is 7.37. The minimum atomic E-state index is -0.381. The molecular weight excluding hydrogens is 237 g/mol. The van der Waals surface area contributed by atoms with E-state index in [4.69, 9.17) is 5.73 Å². The fraction of sp³-hybridized carbons (Fsp3) is 0.167. The van der Waals surface area contributed by atoms with Crippen LogP contribution in [0.25, 0.3) is 0 Å². The predicted molar refractivity (Wildman–Crippen MR) is 67.1 cm³/mol. The van der Waals surface area contributed by atoms with E-state index >= 15 is 0 Å². The van der Waals surface area contributed by atoms with Crippen LogP contribution in [0.2, 0.25) is 0 Å². The summed E-state index contributed by atoms with van der Waals surface area (Å²) >= 11 is 1.47. The zero-order valence-electron chi connectivity index (χ0n) is 9.35. The Hall–Kier alpha value is -1.62. The van der Waals surface area contributed by atoms with E-state index in [2.05, 4.69) is 9.97 Å². The number of nitrogens with zero attached hydrogens (tertiary/aromatic N) is 2. The van der Waals surface area contributed by atoms with Gasteiger partial charge in [0, 0.05) is 17.6 Å². The maximum absolute atomic E-state index is 13.2. The maximum atomic E-state index is 13.2. The molecule has 3 nitrogen and oxygen atoms in total. The van der Waals surface area contributed by atoms with Crippen LogP contribution < -0.4 is 5.73 Å². The summed E-state index contributed by atoms with van der Waals surface area (Å²) in [6, 6.07) is 6.66. The first-order valence-corrected chi connectivity index (χ1v) is 6.10. The molecule has 1 heterocycles. The second-order valence-electron chi connectivity index (χ2n) is 3.63. The van der Waals surface area contributed by atoms with Crippen LogP contribution in [0.15, 0.2) is 35.6 Å². The van der Waals surface area contributed by atoms with Gasteiger partial charge in [-0.05, 0) is 30.7 Å². The van der Waals surface area contributed by atoms with Crippen LogP contribution >= 0.6 is 11.8 Å². The third kappa shape index (κ3) is 3.17. The summed E-state index contributed by atoms with van der Waals surface area (Å²) in [6.45, 7) is 1.91. The van der Waals surface area contributed by atoms with Crippen molar-refractivity contribution in [3.8, 4) is 0 Å². The average molecular weight is 249 g/mol. The van der Waals surface area contributed by atoms with Gasteiger partial charge in [0.25, 0.3) is 0 Å². The second kappa shape index (κ2) is 5.14. The molecule has 0 aliphatic carbocycles. The fourth-order valence-corrected chi connectivity index (χ4v) is 2.12. The number of nitrogen functional groups attached to an aromatic ring is 1. The van der Waals surface area contributed by atoms with Crippen LogP contribution in [-0.2, 0) is 5.75 Å². The number of nitrogens with two attached hydrogens (primary N) is 1. The summed E-state index contributed by atoms with van der Waals surface area (Å²) in [5.74, 6) is 0.244. The van der Waals surface area contributed by atoms with Gasteiger partial charge >= 0.3 is 0 Å². The van der Waals surface area contributed by atoms with Gasteiger partial charge in [0.15, 0.2) is 5.16 Å². The molecule has 0 atom stereocenters. The van der Waals surface area contributed by atoms with E-state index in [-0.39, 0.29) is 11.5 Å². The van der Waals surface area contributed by atoms with Crippen LogP contribution in [0.5, 0.6) is 0 Å². The van der Waals surface area contributed by atoms with E-state index in [1.807, 2.05) is 13.0 Å². The highest BCUT2D eigenvalue weighted by atomic mass is 32.2. The highest BCUT2D eigenvalue weighted by molar-refractivity contribution is 7.98. The number of aryl methyl sites for hydroxylation is 1. The Bertz CT molecular complexity index is 531. The molecule has 0 unspecified atom stereocenters. The second-order valence-corrected chi connectivity index (χ2v) is 4.57. The molecule has 1 aromatic carbocycles. The molecule has 2 rings (SSSR count). The average Bonchev–Trinajstić information content (AvgIpc) is 2.31. The lowest BCUT2D eigenvalue weighted by molar-refractivity contribution is 0.631. The minimum Gasteiger partial charge on any atom is -0.396 e. The molecule has 5 heteroatoms. The van der Waals surface area contributed by atoms with Gasteiger partial charge in [-0.15, -0.1) is 0 Å². The van der Waals surface area contributed by atoms with Gasteiger partial charge in [0.05, 0.1) is 5.69 Å². The normalized spacial score (nSPS) is 10.5. The number of aromatic nitrogens is 2. The molecule has 88 valence electrons. The van der Waals surface area contributed by atoms with Gasteiger partial charge in [-0.2, -0.15) is 0 Å². The highest BCUT2D eigenvalue weighted by Gasteiger charge is 2.02. The third-order valence-corrected chi connectivity index (χ3v) is 3.14. The lowest BCUT2D eigenvalue weighted by atomic mass is 10.2. The minimum absolute atomic E-state index is 0.172. The molecule has 0 aliphatic heterocycles. The van der Waals surface area contributed by atoms with E-state index in [0.717, 1.165) is 11.3 Å². The van der Waals surface area contributed by atoms with Crippen molar-refractivity contribution in [3.05, 3.63) is 47.5 Å². The topological polar surface area (TPSA) is 51.8 Å². The van der Waals surface area contributed by atoms with E-state index in [1.54, 1.807) is 18.3 Å². The molecule has 17 heavy (non-hydrogen) atoms. The van der Waals surface area contributed by atoms with Crippen molar-refractivity contribution < 1.29 is 4.39 Å². The molecule has 0 spiro atoms. The Kier molecular flexibility index (Phi) is 3.58. The molecule has 0 radical (unpaired) electrons. The predicted octanol–water partition coefficient (Wildman–Crippen LogP) is 2.80. The van der Waals surface area contributed by atoms with Gasteiger partial charge < -0.3 is 5.73 Å². The van der Waals surface area contributed by atoms with Crippen molar-refractivity contribution in [3.63, 3.8) is 0 Å².